The lowest BCUT2D eigenvalue weighted by molar-refractivity contribution is 0.122. The van der Waals surface area contributed by atoms with E-state index in [4.69, 9.17) is 10.5 Å². The number of aromatic nitrogens is 2. The van der Waals surface area contributed by atoms with Crippen molar-refractivity contribution in [2.24, 2.45) is 0 Å². The average Bonchev–Trinajstić information content (AvgIpc) is 2.52. The Hall–Kier alpha value is -1.86. The zero-order valence-corrected chi connectivity index (χ0v) is 13.0. The molecule has 2 heterocycles. The highest BCUT2D eigenvalue weighted by Crippen LogP contribution is 2.29. The third kappa shape index (κ3) is 3.25. The molecular formula is C14H16BrN5O. The molecule has 1 aliphatic rings. The molecule has 1 aromatic heterocycles. The highest BCUT2D eigenvalue weighted by molar-refractivity contribution is 9.10. The Bertz CT molecular complexity index is 613. The van der Waals surface area contributed by atoms with Gasteiger partial charge in [0.05, 0.1) is 13.2 Å². The molecule has 0 spiro atoms. The second-order valence-electron chi connectivity index (χ2n) is 4.69. The van der Waals surface area contributed by atoms with Gasteiger partial charge in [0.25, 0.3) is 0 Å². The summed E-state index contributed by atoms with van der Waals surface area (Å²) in [6, 6.07) is 7.84. The van der Waals surface area contributed by atoms with Crippen LogP contribution in [0.5, 0.6) is 0 Å². The van der Waals surface area contributed by atoms with E-state index in [1.165, 1.54) is 6.33 Å². The van der Waals surface area contributed by atoms with E-state index in [1.807, 2.05) is 24.3 Å². The summed E-state index contributed by atoms with van der Waals surface area (Å²) in [5.74, 6) is 1.38. The summed E-state index contributed by atoms with van der Waals surface area (Å²) >= 11 is 3.41. The summed E-state index contributed by atoms with van der Waals surface area (Å²) < 4.78 is 6.38. The fraction of sp³-hybridized carbons (Fsp3) is 0.286. The molecule has 110 valence electrons. The van der Waals surface area contributed by atoms with Crippen molar-refractivity contribution in [3.8, 4) is 0 Å². The Morgan fingerprint density at radius 3 is 2.57 bits per heavy atom. The number of anilines is 4. The van der Waals surface area contributed by atoms with Crippen LogP contribution in [0.2, 0.25) is 0 Å². The van der Waals surface area contributed by atoms with Crippen LogP contribution in [0.25, 0.3) is 0 Å². The van der Waals surface area contributed by atoms with E-state index in [0.717, 1.165) is 29.1 Å². The summed E-state index contributed by atoms with van der Waals surface area (Å²) in [4.78, 5) is 10.7. The number of hydrogen-bond donors (Lipinski definition) is 2. The second-order valence-corrected chi connectivity index (χ2v) is 5.61. The normalized spacial score (nSPS) is 15.0. The van der Waals surface area contributed by atoms with Crippen molar-refractivity contribution in [2.45, 2.75) is 0 Å². The van der Waals surface area contributed by atoms with E-state index in [0.29, 0.717) is 24.7 Å². The minimum Gasteiger partial charge on any atom is -0.393 e. The first-order chi connectivity index (χ1) is 10.2. The number of rotatable bonds is 3. The molecule has 2 aromatic rings. The quantitative estimate of drug-likeness (QED) is 0.885. The number of nitrogens with zero attached hydrogens (tertiary/aromatic N) is 3. The predicted octanol–water partition coefficient (Wildman–Crippen LogP) is 2.40. The zero-order valence-electron chi connectivity index (χ0n) is 11.4. The second kappa shape index (κ2) is 6.28. The van der Waals surface area contributed by atoms with E-state index in [-0.39, 0.29) is 0 Å². The highest BCUT2D eigenvalue weighted by atomic mass is 79.9. The maximum Gasteiger partial charge on any atom is 0.159 e. The molecule has 0 amide bonds. The molecule has 1 saturated heterocycles. The first-order valence-electron chi connectivity index (χ1n) is 6.70. The first kappa shape index (κ1) is 14.1. The molecule has 1 aromatic carbocycles. The number of nitrogens with two attached hydrogens (primary N) is 1. The number of nitrogens with one attached hydrogen (secondary N) is 1. The summed E-state index contributed by atoms with van der Waals surface area (Å²) in [6.45, 7) is 2.97. The molecule has 1 aliphatic heterocycles. The fourth-order valence-electron chi connectivity index (χ4n) is 2.18. The van der Waals surface area contributed by atoms with Crippen LogP contribution < -0.4 is 16.0 Å². The summed E-state index contributed by atoms with van der Waals surface area (Å²) in [6.07, 6.45) is 1.53. The molecule has 0 radical (unpaired) electrons. The fourth-order valence-corrected chi connectivity index (χ4v) is 2.45. The number of nitrogen functional groups attached to an aromatic ring is 1. The lowest BCUT2D eigenvalue weighted by atomic mass is 10.3. The number of hydrogen-bond acceptors (Lipinski definition) is 6. The minimum absolute atomic E-state index is 0.558. The van der Waals surface area contributed by atoms with Gasteiger partial charge in [-0.1, -0.05) is 15.9 Å². The van der Waals surface area contributed by atoms with Crippen LogP contribution in [0.1, 0.15) is 0 Å². The van der Waals surface area contributed by atoms with Gasteiger partial charge < -0.3 is 20.7 Å². The van der Waals surface area contributed by atoms with Crippen LogP contribution in [0.3, 0.4) is 0 Å². The maximum atomic E-state index is 6.21. The van der Waals surface area contributed by atoms with Crippen LogP contribution in [-0.4, -0.2) is 36.3 Å². The zero-order chi connectivity index (χ0) is 14.7. The van der Waals surface area contributed by atoms with Crippen LogP contribution >= 0.6 is 15.9 Å². The molecule has 7 heteroatoms. The van der Waals surface area contributed by atoms with Crippen molar-refractivity contribution in [1.29, 1.82) is 0 Å². The van der Waals surface area contributed by atoms with Gasteiger partial charge in [-0.2, -0.15) is 0 Å². The Morgan fingerprint density at radius 2 is 1.86 bits per heavy atom. The van der Waals surface area contributed by atoms with Gasteiger partial charge in [0, 0.05) is 23.2 Å². The molecular weight excluding hydrogens is 334 g/mol. The molecule has 0 bridgehead atoms. The molecule has 0 saturated carbocycles. The van der Waals surface area contributed by atoms with Gasteiger partial charge in [0.15, 0.2) is 11.6 Å². The monoisotopic (exact) mass is 349 g/mol. The van der Waals surface area contributed by atoms with Crippen molar-refractivity contribution in [3.05, 3.63) is 35.1 Å². The van der Waals surface area contributed by atoms with Gasteiger partial charge in [-0.15, -0.1) is 0 Å². The molecule has 1 fully saturated rings. The number of benzene rings is 1. The number of halogens is 1. The summed E-state index contributed by atoms with van der Waals surface area (Å²) in [7, 11) is 0. The van der Waals surface area contributed by atoms with Gasteiger partial charge >= 0.3 is 0 Å². The van der Waals surface area contributed by atoms with E-state index in [9.17, 15) is 0 Å². The Morgan fingerprint density at radius 1 is 1.14 bits per heavy atom. The molecule has 0 atom stereocenters. The van der Waals surface area contributed by atoms with Crippen molar-refractivity contribution < 1.29 is 4.74 Å². The minimum atomic E-state index is 0.558. The van der Waals surface area contributed by atoms with Crippen LogP contribution in [-0.2, 0) is 4.74 Å². The smallest absolute Gasteiger partial charge is 0.159 e. The predicted molar refractivity (Wildman–Crippen MR) is 86.9 cm³/mol. The lowest BCUT2D eigenvalue weighted by Gasteiger charge is -2.28. The summed E-state index contributed by atoms with van der Waals surface area (Å²) in [5.41, 5.74) is 7.70. The third-order valence-corrected chi connectivity index (χ3v) is 3.81. The van der Waals surface area contributed by atoms with Crippen LogP contribution in [0.15, 0.2) is 35.1 Å². The molecule has 3 rings (SSSR count). The standard InChI is InChI=1S/C14H16BrN5O/c15-10-1-3-11(4-2-10)19-13-12(16)14(18-9-17-13)20-5-7-21-8-6-20/h1-4,9H,5-8,16H2,(H,17,18,19). The van der Waals surface area contributed by atoms with Gasteiger partial charge in [0.2, 0.25) is 0 Å². The van der Waals surface area contributed by atoms with Gasteiger partial charge in [-0.05, 0) is 24.3 Å². The third-order valence-electron chi connectivity index (χ3n) is 3.28. The van der Waals surface area contributed by atoms with Crippen LogP contribution in [0, 0.1) is 0 Å². The van der Waals surface area contributed by atoms with E-state index >= 15 is 0 Å². The van der Waals surface area contributed by atoms with Gasteiger partial charge in [0.1, 0.15) is 12.0 Å². The number of ether oxygens (including phenoxy) is 1. The molecule has 21 heavy (non-hydrogen) atoms. The van der Waals surface area contributed by atoms with E-state index in [2.05, 4.69) is 36.1 Å². The lowest BCUT2D eigenvalue weighted by Crippen LogP contribution is -2.37. The number of morpholine rings is 1. The average molecular weight is 350 g/mol. The van der Waals surface area contributed by atoms with E-state index in [1.54, 1.807) is 0 Å². The topological polar surface area (TPSA) is 76.3 Å². The maximum absolute atomic E-state index is 6.21. The Balaban J connectivity index is 1.84. The van der Waals surface area contributed by atoms with Crippen molar-refractivity contribution in [1.82, 2.24) is 9.97 Å². The van der Waals surface area contributed by atoms with Crippen molar-refractivity contribution in [2.75, 3.05) is 42.3 Å². The highest BCUT2D eigenvalue weighted by Gasteiger charge is 2.17. The Kier molecular flexibility index (Phi) is 4.21. The van der Waals surface area contributed by atoms with Gasteiger partial charge in [-0.25, -0.2) is 9.97 Å². The molecule has 0 unspecified atom stereocenters. The van der Waals surface area contributed by atoms with E-state index < -0.39 is 0 Å². The van der Waals surface area contributed by atoms with Crippen molar-refractivity contribution >= 4 is 38.9 Å². The van der Waals surface area contributed by atoms with Gasteiger partial charge in [-0.3, -0.25) is 0 Å². The SMILES string of the molecule is Nc1c(Nc2ccc(Br)cc2)ncnc1N1CCOCC1. The Labute approximate surface area is 131 Å². The largest absolute Gasteiger partial charge is 0.393 e. The summed E-state index contributed by atoms with van der Waals surface area (Å²) in [5, 5.41) is 3.22. The van der Waals surface area contributed by atoms with Crippen molar-refractivity contribution in [3.63, 3.8) is 0 Å². The molecule has 6 nitrogen and oxygen atoms in total. The van der Waals surface area contributed by atoms with Crippen LogP contribution in [0.4, 0.5) is 23.0 Å². The first-order valence-corrected chi connectivity index (χ1v) is 7.49. The molecule has 0 aliphatic carbocycles. The molecule has 3 N–H and O–H groups in total.